The zero-order valence-corrected chi connectivity index (χ0v) is 17.9. The molecule has 0 aliphatic carbocycles. The van der Waals surface area contributed by atoms with Crippen LogP contribution in [0.15, 0.2) is 67.0 Å². The standard InChI is InChI=1S/C23H22F3N5O2/c1-31(2)20-9-8-18(12-19(20)21(32)28-14-15-5-4-10-27-13-15)30-22(33)29-17-7-3-6-16(11-17)23(24,25)26/h3-13H,14H2,1-2H3,(H,28,32)(H2,29,30,33). The summed E-state index contributed by atoms with van der Waals surface area (Å²) in [6.45, 7) is 0.271. The Balaban J connectivity index is 1.73. The van der Waals surface area contributed by atoms with E-state index in [1.807, 2.05) is 6.07 Å². The summed E-state index contributed by atoms with van der Waals surface area (Å²) in [5.41, 5.74) is 1.19. The fraction of sp³-hybridized carbons (Fsp3) is 0.174. The predicted molar refractivity (Wildman–Crippen MR) is 120 cm³/mol. The summed E-state index contributed by atoms with van der Waals surface area (Å²) in [5.74, 6) is -0.357. The number of hydrogen-bond acceptors (Lipinski definition) is 4. The number of anilines is 3. The molecule has 3 aromatic rings. The highest BCUT2D eigenvalue weighted by Gasteiger charge is 2.30. The van der Waals surface area contributed by atoms with E-state index in [0.29, 0.717) is 16.9 Å². The SMILES string of the molecule is CN(C)c1ccc(NC(=O)Nc2cccc(C(F)(F)F)c2)cc1C(=O)NCc1cccnc1. The third-order valence-electron chi connectivity index (χ3n) is 4.60. The fourth-order valence-corrected chi connectivity index (χ4v) is 3.03. The van der Waals surface area contributed by atoms with Crippen molar-refractivity contribution in [1.29, 1.82) is 0 Å². The van der Waals surface area contributed by atoms with Gasteiger partial charge in [0.1, 0.15) is 0 Å². The summed E-state index contributed by atoms with van der Waals surface area (Å²) in [6, 6.07) is 11.9. The van der Waals surface area contributed by atoms with E-state index in [1.54, 1.807) is 49.6 Å². The van der Waals surface area contributed by atoms with Crippen molar-refractivity contribution >= 4 is 29.0 Å². The molecule has 3 rings (SSSR count). The number of aromatic nitrogens is 1. The molecule has 172 valence electrons. The van der Waals surface area contributed by atoms with Crippen LogP contribution in [0.1, 0.15) is 21.5 Å². The number of rotatable bonds is 6. The molecule has 0 saturated carbocycles. The summed E-state index contributed by atoms with van der Waals surface area (Å²) in [6.07, 6.45) is -1.24. The Morgan fingerprint density at radius 2 is 1.70 bits per heavy atom. The van der Waals surface area contributed by atoms with E-state index < -0.39 is 17.8 Å². The Morgan fingerprint density at radius 1 is 0.970 bits per heavy atom. The fourth-order valence-electron chi connectivity index (χ4n) is 3.03. The number of carbonyl (C=O) groups is 2. The Kier molecular flexibility index (Phi) is 7.17. The van der Waals surface area contributed by atoms with Crippen LogP contribution in [-0.4, -0.2) is 31.0 Å². The predicted octanol–water partition coefficient (Wildman–Crippen LogP) is 4.74. The summed E-state index contributed by atoms with van der Waals surface area (Å²) in [4.78, 5) is 30.9. The Hall–Kier alpha value is -4.08. The van der Waals surface area contributed by atoms with Gasteiger partial charge in [-0.1, -0.05) is 12.1 Å². The first-order chi connectivity index (χ1) is 15.6. The number of amides is 3. The van der Waals surface area contributed by atoms with Crippen LogP contribution in [0.4, 0.5) is 35.0 Å². The quantitative estimate of drug-likeness (QED) is 0.499. The van der Waals surface area contributed by atoms with Crippen molar-refractivity contribution in [1.82, 2.24) is 10.3 Å². The number of benzene rings is 2. The maximum atomic E-state index is 12.9. The number of hydrogen-bond donors (Lipinski definition) is 3. The highest BCUT2D eigenvalue weighted by Crippen LogP contribution is 2.30. The number of nitrogens with one attached hydrogen (secondary N) is 3. The van der Waals surface area contributed by atoms with Crippen molar-refractivity contribution in [2.24, 2.45) is 0 Å². The van der Waals surface area contributed by atoms with E-state index in [0.717, 1.165) is 17.7 Å². The van der Waals surface area contributed by atoms with Gasteiger partial charge >= 0.3 is 12.2 Å². The largest absolute Gasteiger partial charge is 0.416 e. The zero-order chi connectivity index (χ0) is 24.0. The average Bonchev–Trinajstić information content (AvgIpc) is 2.77. The maximum absolute atomic E-state index is 12.9. The molecule has 1 heterocycles. The second-order valence-corrected chi connectivity index (χ2v) is 7.33. The lowest BCUT2D eigenvalue weighted by atomic mass is 10.1. The lowest BCUT2D eigenvalue weighted by Gasteiger charge is -2.19. The van der Waals surface area contributed by atoms with Gasteiger partial charge in [0.2, 0.25) is 0 Å². The van der Waals surface area contributed by atoms with Crippen LogP contribution in [0.3, 0.4) is 0 Å². The van der Waals surface area contributed by atoms with Crippen LogP contribution in [0.25, 0.3) is 0 Å². The van der Waals surface area contributed by atoms with Crippen LogP contribution >= 0.6 is 0 Å². The van der Waals surface area contributed by atoms with Crippen molar-refractivity contribution < 1.29 is 22.8 Å². The molecule has 0 atom stereocenters. The molecular formula is C23H22F3N5O2. The second-order valence-electron chi connectivity index (χ2n) is 7.33. The lowest BCUT2D eigenvalue weighted by molar-refractivity contribution is -0.137. The van der Waals surface area contributed by atoms with Crippen molar-refractivity contribution in [2.45, 2.75) is 12.7 Å². The minimum Gasteiger partial charge on any atom is -0.377 e. The smallest absolute Gasteiger partial charge is 0.377 e. The van der Waals surface area contributed by atoms with Gasteiger partial charge in [0, 0.05) is 50.1 Å². The number of alkyl halides is 3. The molecular weight excluding hydrogens is 435 g/mol. The van der Waals surface area contributed by atoms with Gasteiger partial charge in [-0.05, 0) is 48.0 Å². The molecule has 0 radical (unpaired) electrons. The number of halogens is 3. The molecule has 2 aromatic carbocycles. The number of urea groups is 1. The molecule has 33 heavy (non-hydrogen) atoms. The number of carbonyl (C=O) groups excluding carboxylic acids is 2. The van der Waals surface area contributed by atoms with E-state index in [2.05, 4.69) is 20.9 Å². The minimum atomic E-state index is -4.52. The maximum Gasteiger partial charge on any atom is 0.416 e. The molecule has 10 heteroatoms. The van der Waals surface area contributed by atoms with Crippen molar-refractivity contribution in [3.05, 3.63) is 83.7 Å². The molecule has 3 amide bonds. The van der Waals surface area contributed by atoms with Crippen molar-refractivity contribution in [3.63, 3.8) is 0 Å². The lowest BCUT2D eigenvalue weighted by Crippen LogP contribution is -2.26. The first kappa shape index (κ1) is 23.6. The van der Waals surface area contributed by atoms with Gasteiger partial charge in [-0.25, -0.2) is 4.79 Å². The van der Waals surface area contributed by atoms with E-state index in [4.69, 9.17) is 0 Å². The highest BCUT2D eigenvalue weighted by molar-refractivity contribution is 6.04. The second kappa shape index (κ2) is 10.0. The number of nitrogens with zero attached hydrogens (tertiary/aromatic N) is 2. The van der Waals surface area contributed by atoms with Gasteiger partial charge in [-0.3, -0.25) is 9.78 Å². The summed E-state index contributed by atoms with van der Waals surface area (Å²) in [5, 5.41) is 7.72. The molecule has 0 bridgehead atoms. The highest BCUT2D eigenvalue weighted by atomic mass is 19.4. The molecule has 0 aliphatic rings. The normalized spacial score (nSPS) is 10.9. The van der Waals surface area contributed by atoms with Crippen molar-refractivity contribution in [2.75, 3.05) is 29.6 Å². The minimum absolute atomic E-state index is 0.0123. The number of pyridine rings is 1. The van der Waals surface area contributed by atoms with Crippen LogP contribution in [-0.2, 0) is 12.7 Å². The Labute approximate surface area is 188 Å². The first-order valence-corrected chi connectivity index (χ1v) is 9.87. The molecule has 0 aliphatic heterocycles. The van der Waals surface area contributed by atoms with Gasteiger partial charge in [0.15, 0.2) is 0 Å². The van der Waals surface area contributed by atoms with Gasteiger partial charge in [0.25, 0.3) is 5.91 Å². The molecule has 0 saturated heterocycles. The van der Waals surface area contributed by atoms with Crippen LogP contribution in [0.2, 0.25) is 0 Å². The molecule has 7 nitrogen and oxygen atoms in total. The van der Waals surface area contributed by atoms with Gasteiger partial charge in [-0.2, -0.15) is 13.2 Å². The van der Waals surface area contributed by atoms with Gasteiger partial charge < -0.3 is 20.9 Å². The van der Waals surface area contributed by atoms with Crippen LogP contribution < -0.4 is 20.9 Å². The van der Waals surface area contributed by atoms with Crippen LogP contribution in [0.5, 0.6) is 0 Å². The van der Waals surface area contributed by atoms with Crippen molar-refractivity contribution in [3.8, 4) is 0 Å². The Morgan fingerprint density at radius 3 is 2.33 bits per heavy atom. The van der Waals surface area contributed by atoms with Gasteiger partial charge in [-0.15, -0.1) is 0 Å². The monoisotopic (exact) mass is 457 g/mol. The first-order valence-electron chi connectivity index (χ1n) is 9.87. The molecule has 1 aromatic heterocycles. The molecule has 3 N–H and O–H groups in total. The topological polar surface area (TPSA) is 86.4 Å². The van der Waals surface area contributed by atoms with Crippen LogP contribution in [0, 0.1) is 0 Å². The third-order valence-corrected chi connectivity index (χ3v) is 4.60. The molecule has 0 spiro atoms. The summed E-state index contributed by atoms with van der Waals surface area (Å²) in [7, 11) is 3.56. The zero-order valence-electron chi connectivity index (χ0n) is 17.9. The van der Waals surface area contributed by atoms with E-state index in [9.17, 15) is 22.8 Å². The average molecular weight is 457 g/mol. The van der Waals surface area contributed by atoms with E-state index in [-0.39, 0.29) is 18.1 Å². The molecule has 0 fully saturated rings. The van der Waals surface area contributed by atoms with E-state index >= 15 is 0 Å². The van der Waals surface area contributed by atoms with Gasteiger partial charge in [0.05, 0.1) is 11.1 Å². The van der Waals surface area contributed by atoms with E-state index in [1.165, 1.54) is 18.2 Å². The summed E-state index contributed by atoms with van der Waals surface area (Å²) >= 11 is 0. The summed E-state index contributed by atoms with van der Waals surface area (Å²) < 4.78 is 38.6. The third kappa shape index (κ3) is 6.45. The molecule has 0 unspecified atom stereocenters. The Bertz CT molecular complexity index is 1130.